The Morgan fingerprint density at radius 2 is 1.67 bits per heavy atom. The van der Waals surface area contributed by atoms with Gasteiger partial charge >= 0.3 is 5.97 Å². The molecule has 0 radical (unpaired) electrons. The van der Waals surface area contributed by atoms with E-state index in [0.717, 1.165) is 0 Å². The lowest BCUT2D eigenvalue weighted by Crippen LogP contribution is -1.97. The summed E-state index contributed by atoms with van der Waals surface area (Å²) in [6.45, 7) is 1.79. The molecule has 2 aromatic rings. The van der Waals surface area contributed by atoms with Crippen LogP contribution in [0.15, 0.2) is 28.7 Å². The lowest BCUT2D eigenvalue weighted by Gasteiger charge is -2.09. The van der Waals surface area contributed by atoms with E-state index in [-0.39, 0.29) is 12.4 Å². The maximum absolute atomic E-state index is 10.9. The summed E-state index contributed by atoms with van der Waals surface area (Å²) in [4.78, 5) is 10.9. The first-order valence-corrected chi connectivity index (χ1v) is 6.22. The van der Waals surface area contributed by atoms with Crippen molar-refractivity contribution in [3.05, 3.63) is 41.3 Å². The van der Waals surface area contributed by atoms with E-state index in [1.165, 1.54) is 0 Å². The van der Waals surface area contributed by atoms with Gasteiger partial charge in [0.25, 0.3) is 0 Å². The van der Waals surface area contributed by atoms with Crippen molar-refractivity contribution in [1.29, 1.82) is 0 Å². The van der Waals surface area contributed by atoms with Gasteiger partial charge in [0.15, 0.2) is 0 Å². The van der Waals surface area contributed by atoms with Gasteiger partial charge in [-0.1, -0.05) is 0 Å². The molecule has 0 aliphatic heterocycles. The Labute approximate surface area is 121 Å². The van der Waals surface area contributed by atoms with Crippen molar-refractivity contribution >= 4 is 5.97 Å². The average molecular weight is 292 g/mol. The number of furan rings is 1. The monoisotopic (exact) mass is 292 g/mol. The van der Waals surface area contributed by atoms with Crippen LogP contribution in [0.25, 0.3) is 0 Å². The van der Waals surface area contributed by atoms with Crippen LogP contribution in [-0.2, 0) is 6.61 Å². The predicted molar refractivity (Wildman–Crippen MR) is 74.3 cm³/mol. The number of aromatic carboxylic acids is 1. The van der Waals surface area contributed by atoms with Gasteiger partial charge in [0.2, 0.25) is 5.76 Å². The van der Waals surface area contributed by atoms with Crippen molar-refractivity contribution in [1.82, 2.24) is 0 Å². The molecule has 0 unspecified atom stereocenters. The first-order valence-electron chi connectivity index (χ1n) is 6.22. The van der Waals surface area contributed by atoms with Gasteiger partial charge in [-0.25, -0.2) is 4.79 Å². The predicted octanol–water partition coefficient (Wildman–Crippen LogP) is 2.88. The maximum Gasteiger partial charge on any atom is 0.372 e. The summed E-state index contributed by atoms with van der Waals surface area (Å²) in [7, 11) is 3.10. The van der Waals surface area contributed by atoms with Crippen molar-refractivity contribution in [2.45, 2.75) is 13.5 Å². The maximum atomic E-state index is 10.9. The van der Waals surface area contributed by atoms with E-state index >= 15 is 0 Å². The number of hydrogen-bond donors (Lipinski definition) is 1. The number of hydrogen-bond acceptors (Lipinski definition) is 5. The smallest absolute Gasteiger partial charge is 0.372 e. The van der Waals surface area contributed by atoms with Crippen LogP contribution in [0.1, 0.15) is 21.9 Å². The standard InChI is InChI=1S/C15H16O6/c1-9-4-13(21-14(9)15(16)17)8-20-12-6-10(18-2)5-11(7-12)19-3/h4-7H,8H2,1-3H3,(H,16,17). The van der Waals surface area contributed by atoms with Crippen molar-refractivity contribution in [3.8, 4) is 17.2 Å². The van der Waals surface area contributed by atoms with Gasteiger partial charge in [-0.05, 0) is 13.0 Å². The number of methoxy groups -OCH3 is 2. The highest BCUT2D eigenvalue weighted by molar-refractivity contribution is 5.86. The van der Waals surface area contributed by atoms with E-state index in [1.807, 2.05) is 0 Å². The van der Waals surface area contributed by atoms with Crippen molar-refractivity contribution in [2.75, 3.05) is 14.2 Å². The molecule has 21 heavy (non-hydrogen) atoms. The Morgan fingerprint density at radius 1 is 1.10 bits per heavy atom. The SMILES string of the molecule is COc1cc(OC)cc(OCc2cc(C)c(C(=O)O)o2)c1. The van der Waals surface area contributed by atoms with Crippen molar-refractivity contribution in [2.24, 2.45) is 0 Å². The molecular weight excluding hydrogens is 276 g/mol. The molecule has 112 valence electrons. The van der Waals surface area contributed by atoms with Crippen LogP contribution in [0, 0.1) is 6.92 Å². The molecule has 6 nitrogen and oxygen atoms in total. The Bertz CT molecular complexity index is 621. The number of aryl methyl sites for hydroxylation is 1. The first-order chi connectivity index (χ1) is 10.0. The minimum atomic E-state index is -1.10. The average Bonchev–Trinajstić information content (AvgIpc) is 2.86. The molecule has 6 heteroatoms. The molecule has 2 rings (SSSR count). The highest BCUT2D eigenvalue weighted by Crippen LogP contribution is 2.28. The van der Waals surface area contributed by atoms with Crippen molar-refractivity contribution < 1.29 is 28.5 Å². The van der Waals surface area contributed by atoms with Gasteiger partial charge in [-0.15, -0.1) is 0 Å². The first kappa shape index (κ1) is 14.8. The van der Waals surface area contributed by atoms with E-state index in [1.54, 1.807) is 45.4 Å². The highest BCUT2D eigenvalue weighted by Gasteiger charge is 2.14. The molecule has 0 atom stereocenters. The molecule has 1 aromatic carbocycles. The molecule has 1 aromatic heterocycles. The fourth-order valence-electron chi connectivity index (χ4n) is 1.85. The molecule has 0 saturated heterocycles. The number of rotatable bonds is 6. The van der Waals surface area contributed by atoms with Gasteiger partial charge in [-0.3, -0.25) is 0 Å². The molecule has 1 N–H and O–H groups in total. The number of ether oxygens (including phenoxy) is 3. The normalized spacial score (nSPS) is 10.2. The molecule has 0 amide bonds. The molecule has 0 saturated carbocycles. The number of carbonyl (C=O) groups is 1. The zero-order valence-electron chi connectivity index (χ0n) is 12.0. The Hall–Kier alpha value is -2.63. The second kappa shape index (κ2) is 6.21. The lowest BCUT2D eigenvalue weighted by atomic mass is 10.2. The summed E-state index contributed by atoms with van der Waals surface area (Å²) in [6.07, 6.45) is 0. The third-order valence-electron chi connectivity index (χ3n) is 2.87. The summed E-state index contributed by atoms with van der Waals surface area (Å²) in [5.74, 6) is 1.01. The Morgan fingerprint density at radius 3 is 2.14 bits per heavy atom. The number of benzene rings is 1. The van der Waals surface area contributed by atoms with Gasteiger partial charge in [-0.2, -0.15) is 0 Å². The van der Waals surface area contributed by atoms with Crippen LogP contribution in [0.4, 0.5) is 0 Å². The minimum absolute atomic E-state index is 0.0724. The Kier molecular flexibility index (Phi) is 4.37. The zero-order chi connectivity index (χ0) is 15.4. The molecule has 0 fully saturated rings. The quantitative estimate of drug-likeness (QED) is 0.882. The molecule has 0 aliphatic rings. The fourth-order valence-corrected chi connectivity index (χ4v) is 1.85. The second-order valence-electron chi connectivity index (χ2n) is 4.37. The summed E-state index contributed by atoms with van der Waals surface area (Å²) in [5.41, 5.74) is 0.560. The van der Waals surface area contributed by atoms with Gasteiger partial charge in [0.05, 0.1) is 14.2 Å². The third-order valence-corrected chi connectivity index (χ3v) is 2.87. The molecule has 0 spiro atoms. The van der Waals surface area contributed by atoms with E-state index in [2.05, 4.69) is 0 Å². The summed E-state index contributed by atoms with van der Waals surface area (Å²) >= 11 is 0. The fraction of sp³-hybridized carbons (Fsp3) is 0.267. The zero-order valence-corrected chi connectivity index (χ0v) is 12.0. The molecule has 1 heterocycles. The van der Waals surface area contributed by atoms with Gasteiger partial charge in [0, 0.05) is 23.8 Å². The summed E-state index contributed by atoms with van der Waals surface area (Å²) in [5, 5.41) is 8.93. The van der Waals surface area contributed by atoms with E-state index < -0.39 is 5.97 Å². The van der Waals surface area contributed by atoms with E-state index in [4.69, 9.17) is 23.7 Å². The van der Waals surface area contributed by atoms with Crippen LogP contribution in [0.5, 0.6) is 17.2 Å². The van der Waals surface area contributed by atoms with Crippen LogP contribution in [0.2, 0.25) is 0 Å². The summed E-state index contributed by atoms with van der Waals surface area (Å²) in [6, 6.07) is 6.78. The second-order valence-corrected chi connectivity index (χ2v) is 4.37. The van der Waals surface area contributed by atoms with Crippen LogP contribution in [0.3, 0.4) is 0 Å². The molecule has 0 bridgehead atoms. The van der Waals surface area contributed by atoms with E-state index in [0.29, 0.717) is 28.6 Å². The van der Waals surface area contributed by atoms with E-state index in [9.17, 15) is 4.79 Å². The Balaban J connectivity index is 2.12. The topological polar surface area (TPSA) is 78.1 Å². The van der Waals surface area contributed by atoms with Crippen LogP contribution >= 0.6 is 0 Å². The summed E-state index contributed by atoms with van der Waals surface area (Å²) < 4.78 is 21.1. The molecular formula is C15H16O6. The van der Waals surface area contributed by atoms with Gasteiger partial charge in [0.1, 0.15) is 29.6 Å². The number of carboxylic acid groups (broad SMARTS) is 1. The minimum Gasteiger partial charge on any atom is -0.496 e. The lowest BCUT2D eigenvalue weighted by molar-refractivity contribution is 0.0657. The largest absolute Gasteiger partial charge is 0.496 e. The molecule has 0 aliphatic carbocycles. The van der Waals surface area contributed by atoms with Crippen LogP contribution < -0.4 is 14.2 Å². The van der Waals surface area contributed by atoms with Crippen molar-refractivity contribution in [3.63, 3.8) is 0 Å². The van der Waals surface area contributed by atoms with Crippen LogP contribution in [-0.4, -0.2) is 25.3 Å². The van der Waals surface area contributed by atoms with Gasteiger partial charge < -0.3 is 23.7 Å². The number of carboxylic acids is 1. The third kappa shape index (κ3) is 3.47. The highest BCUT2D eigenvalue weighted by atomic mass is 16.5.